The maximum absolute atomic E-state index is 13.0. The average Bonchev–Trinajstić information content (AvgIpc) is 2.88. The lowest BCUT2D eigenvalue weighted by atomic mass is 9.87. The second-order valence-electron chi connectivity index (χ2n) is 8.87. The molecule has 4 rings (SSSR count). The van der Waals surface area contributed by atoms with Gasteiger partial charge in [0.25, 0.3) is 0 Å². The second kappa shape index (κ2) is 10.3. The molecular weight excluding hydrogens is 446 g/mol. The average molecular weight is 478 g/mol. The highest BCUT2D eigenvalue weighted by atomic mass is 16.6. The predicted molar refractivity (Wildman–Crippen MR) is 133 cm³/mol. The van der Waals surface area contributed by atoms with Crippen molar-refractivity contribution in [3.05, 3.63) is 83.4 Å². The van der Waals surface area contributed by atoms with E-state index >= 15 is 0 Å². The molecule has 0 spiro atoms. The Morgan fingerprint density at radius 3 is 2.14 bits per heavy atom. The van der Waals surface area contributed by atoms with Crippen LogP contribution in [-0.2, 0) is 16.0 Å². The Kier molecular flexibility index (Phi) is 7.17. The number of benzene rings is 3. The summed E-state index contributed by atoms with van der Waals surface area (Å²) in [6.45, 7) is 4.43. The summed E-state index contributed by atoms with van der Waals surface area (Å²) < 4.78 is 28.5. The first-order valence-corrected chi connectivity index (χ1v) is 11.4. The van der Waals surface area contributed by atoms with Crippen molar-refractivity contribution in [2.24, 2.45) is 0 Å². The molecule has 0 aliphatic carbocycles. The van der Waals surface area contributed by atoms with E-state index in [9.17, 15) is 4.79 Å². The molecule has 3 aromatic carbocycles. The number of methoxy groups -OCH3 is 3. The fourth-order valence-electron chi connectivity index (χ4n) is 4.16. The summed E-state index contributed by atoms with van der Waals surface area (Å²) in [5.74, 6) is 1.74. The van der Waals surface area contributed by atoms with Gasteiger partial charge in [-0.05, 0) is 74.0 Å². The largest absolute Gasteiger partial charge is 0.497 e. The normalized spacial score (nSPS) is 18.1. The number of carbonyl (C=O) groups excluding carboxylic acids is 1. The lowest BCUT2D eigenvalue weighted by Crippen LogP contribution is -2.51. The molecule has 7 heteroatoms. The van der Waals surface area contributed by atoms with E-state index in [2.05, 4.69) is 5.32 Å². The Bertz CT molecular complexity index is 1160. The molecule has 0 bridgehead atoms. The van der Waals surface area contributed by atoms with E-state index in [1.165, 1.54) is 0 Å². The van der Waals surface area contributed by atoms with E-state index in [-0.39, 0.29) is 0 Å². The molecule has 0 radical (unpaired) electrons. The molecule has 184 valence electrons. The van der Waals surface area contributed by atoms with Crippen molar-refractivity contribution in [3.8, 4) is 17.2 Å². The van der Waals surface area contributed by atoms with Crippen LogP contribution in [0.25, 0.3) is 0 Å². The van der Waals surface area contributed by atoms with E-state index in [0.717, 1.165) is 22.6 Å². The number of esters is 1. The van der Waals surface area contributed by atoms with Crippen LogP contribution in [0.15, 0.2) is 66.7 Å². The van der Waals surface area contributed by atoms with Gasteiger partial charge in [0.15, 0.2) is 6.10 Å². The van der Waals surface area contributed by atoms with Crippen LogP contribution in [0.3, 0.4) is 0 Å². The highest BCUT2D eigenvalue weighted by Gasteiger charge is 2.47. The van der Waals surface area contributed by atoms with Gasteiger partial charge in [-0.15, -0.1) is 0 Å². The van der Waals surface area contributed by atoms with Crippen LogP contribution < -0.4 is 19.5 Å². The monoisotopic (exact) mass is 477 g/mol. The molecule has 1 heterocycles. The topological polar surface area (TPSA) is 75.2 Å². The van der Waals surface area contributed by atoms with Crippen LogP contribution in [0.1, 0.15) is 41.4 Å². The van der Waals surface area contributed by atoms with Gasteiger partial charge in [0, 0.05) is 24.9 Å². The first-order chi connectivity index (χ1) is 16.8. The van der Waals surface area contributed by atoms with E-state index < -0.39 is 23.8 Å². The summed E-state index contributed by atoms with van der Waals surface area (Å²) >= 11 is 0. The Morgan fingerprint density at radius 2 is 1.54 bits per heavy atom. The molecule has 2 atom stereocenters. The Morgan fingerprint density at radius 1 is 0.914 bits per heavy atom. The highest BCUT2D eigenvalue weighted by Crippen LogP contribution is 2.44. The Balaban J connectivity index is 1.53. The molecule has 1 N–H and O–H groups in total. The van der Waals surface area contributed by atoms with Crippen molar-refractivity contribution in [2.75, 3.05) is 26.6 Å². The zero-order valence-corrected chi connectivity index (χ0v) is 20.7. The summed E-state index contributed by atoms with van der Waals surface area (Å²) in [5, 5.41) is 3.43. The smallest absolute Gasteiger partial charge is 0.338 e. The number of ether oxygens (including phenoxy) is 5. The van der Waals surface area contributed by atoms with Crippen molar-refractivity contribution >= 4 is 11.7 Å². The fourth-order valence-corrected chi connectivity index (χ4v) is 4.16. The van der Waals surface area contributed by atoms with Gasteiger partial charge in [0.05, 0.1) is 19.8 Å². The first-order valence-electron chi connectivity index (χ1n) is 11.4. The van der Waals surface area contributed by atoms with Gasteiger partial charge in [0.1, 0.15) is 29.0 Å². The van der Waals surface area contributed by atoms with Gasteiger partial charge >= 0.3 is 5.97 Å². The second-order valence-corrected chi connectivity index (χ2v) is 8.87. The standard InChI is InChI=1S/C28H31NO6/c1-28(2)26(34-27(30)19-8-13-22(32-4)14-9-19)25(33-5)23-16-20(10-15-24(23)35-28)29-17-18-6-11-21(31-3)12-7-18/h6-16,25-26,29H,17H2,1-5H3. The lowest BCUT2D eigenvalue weighted by Gasteiger charge is -2.43. The third kappa shape index (κ3) is 5.35. The molecular formula is C28H31NO6. The minimum Gasteiger partial charge on any atom is -0.497 e. The minimum absolute atomic E-state index is 0.428. The molecule has 7 nitrogen and oxygen atoms in total. The molecule has 3 aromatic rings. The summed E-state index contributed by atoms with van der Waals surface area (Å²) in [6, 6.07) is 20.6. The molecule has 0 saturated carbocycles. The van der Waals surface area contributed by atoms with Crippen molar-refractivity contribution in [1.29, 1.82) is 0 Å². The van der Waals surface area contributed by atoms with E-state index in [4.69, 9.17) is 23.7 Å². The molecule has 0 saturated heterocycles. The number of nitrogens with one attached hydrogen (secondary N) is 1. The van der Waals surface area contributed by atoms with Crippen LogP contribution in [0, 0.1) is 0 Å². The molecule has 1 aliphatic rings. The quantitative estimate of drug-likeness (QED) is 0.436. The minimum atomic E-state index is -0.798. The Labute approximate surface area is 205 Å². The van der Waals surface area contributed by atoms with Gasteiger partial charge < -0.3 is 29.0 Å². The molecule has 0 aromatic heterocycles. The Hall–Kier alpha value is -3.71. The van der Waals surface area contributed by atoms with Gasteiger partial charge in [-0.3, -0.25) is 0 Å². The number of hydrogen-bond donors (Lipinski definition) is 1. The number of hydrogen-bond acceptors (Lipinski definition) is 7. The van der Waals surface area contributed by atoms with Crippen molar-refractivity contribution < 1.29 is 28.5 Å². The van der Waals surface area contributed by atoms with Crippen molar-refractivity contribution in [2.45, 2.75) is 38.2 Å². The van der Waals surface area contributed by atoms with Crippen LogP contribution >= 0.6 is 0 Å². The first kappa shape index (κ1) is 24.4. The van der Waals surface area contributed by atoms with Gasteiger partial charge in [-0.25, -0.2) is 4.79 Å². The SMILES string of the molecule is COc1ccc(CNc2ccc3c(c2)C(OC)C(OC(=O)c2ccc(OC)cc2)C(C)(C)O3)cc1. The number of carbonyl (C=O) groups is 1. The third-order valence-corrected chi connectivity index (χ3v) is 6.12. The van der Waals surface area contributed by atoms with Crippen molar-refractivity contribution in [3.63, 3.8) is 0 Å². The van der Waals surface area contributed by atoms with Crippen LogP contribution in [0.4, 0.5) is 5.69 Å². The molecule has 35 heavy (non-hydrogen) atoms. The van der Waals surface area contributed by atoms with Gasteiger partial charge in [-0.2, -0.15) is 0 Å². The van der Waals surface area contributed by atoms with Crippen LogP contribution in [0.2, 0.25) is 0 Å². The summed E-state index contributed by atoms with van der Waals surface area (Å²) in [7, 11) is 4.84. The van der Waals surface area contributed by atoms with Gasteiger partial charge in [-0.1, -0.05) is 12.1 Å². The zero-order chi connectivity index (χ0) is 25.0. The maximum Gasteiger partial charge on any atom is 0.338 e. The van der Waals surface area contributed by atoms with E-state index in [1.807, 2.05) is 56.3 Å². The summed E-state index contributed by atoms with van der Waals surface area (Å²) in [6.07, 6.45) is -1.16. The molecule has 0 fully saturated rings. The van der Waals surface area contributed by atoms with E-state index in [0.29, 0.717) is 23.6 Å². The van der Waals surface area contributed by atoms with Crippen molar-refractivity contribution in [1.82, 2.24) is 0 Å². The zero-order valence-electron chi connectivity index (χ0n) is 20.7. The lowest BCUT2D eigenvalue weighted by molar-refractivity contribution is -0.129. The molecule has 0 amide bonds. The predicted octanol–water partition coefficient (Wildman–Crippen LogP) is 5.40. The number of fused-ring (bicyclic) bond motifs is 1. The third-order valence-electron chi connectivity index (χ3n) is 6.12. The summed E-state index contributed by atoms with van der Waals surface area (Å²) in [4.78, 5) is 13.0. The number of anilines is 1. The van der Waals surface area contributed by atoms with Gasteiger partial charge in [0.2, 0.25) is 0 Å². The molecule has 2 unspecified atom stereocenters. The van der Waals surface area contributed by atoms with E-state index in [1.54, 1.807) is 45.6 Å². The summed E-state index contributed by atoms with van der Waals surface area (Å²) in [5.41, 5.74) is 2.48. The number of rotatable bonds is 8. The maximum atomic E-state index is 13.0. The van der Waals surface area contributed by atoms with Crippen LogP contribution in [0.5, 0.6) is 17.2 Å². The fraction of sp³-hybridized carbons (Fsp3) is 0.321. The highest BCUT2D eigenvalue weighted by molar-refractivity contribution is 5.89. The van der Waals surface area contributed by atoms with Crippen LogP contribution in [-0.4, -0.2) is 39.0 Å². The molecule has 1 aliphatic heterocycles.